The van der Waals surface area contributed by atoms with Gasteiger partial charge in [-0.3, -0.25) is 0 Å². The summed E-state index contributed by atoms with van der Waals surface area (Å²) in [5.74, 6) is 3.74. The molecule has 4 heteroatoms. The van der Waals surface area contributed by atoms with Crippen LogP contribution in [0.4, 0.5) is 0 Å². The van der Waals surface area contributed by atoms with Gasteiger partial charge in [-0.1, -0.05) is 6.92 Å². The Labute approximate surface area is 102 Å². The molecule has 0 aliphatic carbocycles. The minimum atomic E-state index is 0.583. The second kappa shape index (κ2) is 4.77. The van der Waals surface area contributed by atoms with E-state index in [1.54, 1.807) is 0 Å². The second-order valence-electron chi connectivity index (χ2n) is 5.43. The van der Waals surface area contributed by atoms with Gasteiger partial charge in [0.1, 0.15) is 11.6 Å². The standard InChI is InChI=1S/C13H21N3O/c1-10-3-2-6-16-12(14-15-13(10)16)9-11-4-7-17-8-5-11/h10-11H,2-9H2,1H3. The summed E-state index contributed by atoms with van der Waals surface area (Å²) in [6.07, 6.45) is 5.97. The fourth-order valence-electron chi connectivity index (χ4n) is 3.00. The lowest BCUT2D eigenvalue weighted by molar-refractivity contribution is 0.0656. The smallest absolute Gasteiger partial charge is 0.135 e. The van der Waals surface area contributed by atoms with Crippen molar-refractivity contribution in [2.45, 2.75) is 51.5 Å². The topological polar surface area (TPSA) is 39.9 Å². The predicted molar refractivity (Wildman–Crippen MR) is 64.9 cm³/mol. The largest absolute Gasteiger partial charge is 0.381 e. The van der Waals surface area contributed by atoms with Crippen molar-refractivity contribution in [1.29, 1.82) is 0 Å². The Kier molecular flexibility index (Phi) is 3.14. The van der Waals surface area contributed by atoms with E-state index in [0.29, 0.717) is 5.92 Å². The maximum atomic E-state index is 5.41. The van der Waals surface area contributed by atoms with Crippen molar-refractivity contribution < 1.29 is 4.74 Å². The molecule has 1 aromatic heterocycles. The number of fused-ring (bicyclic) bond motifs is 1. The summed E-state index contributed by atoms with van der Waals surface area (Å²) >= 11 is 0. The normalized spacial score (nSPS) is 25.8. The van der Waals surface area contributed by atoms with Crippen LogP contribution in [0.1, 0.15) is 50.2 Å². The number of hydrogen-bond donors (Lipinski definition) is 0. The summed E-state index contributed by atoms with van der Waals surface area (Å²) in [7, 11) is 0. The molecule has 3 rings (SSSR count). The minimum Gasteiger partial charge on any atom is -0.381 e. The first-order valence-electron chi connectivity index (χ1n) is 6.84. The average Bonchev–Trinajstić information content (AvgIpc) is 2.76. The van der Waals surface area contributed by atoms with E-state index in [1.165, 1.54) is 37.3 Å². The maximum absolute atomic E-state index is 5.41. The second-order valence-corrected chi connectivity index (χ2v) is 5.43. The van der Waals surface area contributed by atoms with Crippen LogP contribution in [0.25, 0.3) is 0 Å². The van der Waals surface area contributed by atoms with Gasteiger partial charge in [0.15, 0.2) is 0 Å². The van der Waals surface area contributed by atoms with Gasteiger partial charge in [-0.25, -0.2) is 0 Å². The van der Waals surface area contributed by atoms with Crippen LogP contribution in [-0.2, 0) is 17.7 Å². The van der Waals surface area contributed by atoms with Crippen molar-refractivity contribution >= 4 is 0 Å². The summed E-state index contributed by atoms with van der Waals surface area (Å²) in [6, 6.07) is 0. The monoisotopic (exact) mass is 235 g/mol. The van der Waals surface area contributed by atoms with E-state index in [9.17, 15) is 0 Å². The third-order valence-electron chi connectivity index (χ3n) is 4.13. The van der Waals surface area contributed by atoms with Gasteiger partial charge in [-0.2, -0.15) is 0 Å². The molecule has 94 valence electrons. The molecule has 0 radical (unpaired) electrons. The molecular weight excluding hydrogens is 214 g/mol. The van der Waals surface area contributed by atoms with Crippen LogP contribution in [0.5, 0.6) is 0 Å². The minimum absolute atomic E-state index is 0.583. The fraction of sp³-hybridized carbons (Fsp3) is 0.846. The molecular formula is C13H21N3O. The molecule has 0 bridgehead atoms. The third-order valence-corrected chi connectivity index (χ3v) is 4.13. The van der Waals surface area contributed by atoms with Crippen LogP contribution in [0.15, 0.2) is 0 Å². The van der Waals surface area contributed by atoms with Gasteiger partial charge in [0.05, 0.1) is 0 Å². The zero-order chi connectivity index (χ0) is 11.7. The third kappa shape index (κ3) is 2.23. The molecule has 1 fully saturated rings. The first kappa shape index (κ1) is 11.2. The van der Waals surface area contributed by atoms with Gasteiger partial charge >= 0.3 is 0 Å². The molecule has 1 saturated heterocycles. The Morgan fingerprint density at radius 1 is 1.24 bits per heavy atom. The maximum Gasteiger partial charge on any atom is 0.135 e. The molecule has 0 saturated carbocycles. The highest BCUT2D eigenvalue weighted by Gasteiger charge is 2.24. The number of ether oxygens (including phenoxy) is 1. The van der Waals surface area contributed by atoms with E-state index in [0.717, 1.165) is 32.1 Å². The van der Waals surface area contributed by atoms with Gasteiger partial charge in [-0.15, -0.1) is 10.2 Å². The SMILES string of the molecule is CC1CCCn2c(CC3CCOCC3)nnc21. The lowest BCUT2D eigenvalue weighted by Gasteiger charge is -2.24. The summed E-state index contributed by atoms with van der Waals surface area (Å²) in [5.41, 5.74) is 0. The van der Waals surface area contributed by atoms with Crippen molar-refractivity contribution in [3.05, 3.63) is 11.6 Å². The van der Waals surface area contributed by atoms with Crippen LogP contribution < -0.4 is 0 Å². The van der Waals surface area contributed by atoms with Gasteiger partial charge in [0.25, 0.3) is 0 Å². The van der Waals surface area contributed by atoms with E-state index >= 15 is 0 Å². The molecule has 0 N–H and O–H groups in total. The number of rotatable bonds is 2. The van der Waals surface area contributed by atoms with Gasteiger partial charge in [-0.05, 0) is 31.6 Å². The lowest BCUT2D eigenvalue weighted by Crippen LogP contribution is -2.21. The zero-order valence-electron chi connectivity index (χ0n) is 10.6. The summed E-state index contributed by atoms with van der Waals surface area (Å²) in [4.78, 5) is 0. The molecule has 17 heavy (non-hydrogen) atoms. The molecule has 0 amide bonds. The zero-order valence-corrected chi connectivity index (χ0v) is 10.6. The Balaban J connectivity index is 1.74. The van der Waals surface area contributed by atoms with Gasteiger partial charge in [0, 0.05) is 32.1 Å². The first-order valence-corrected chi connectivity index (χ1v) is 6.84. The predicted octanol–water partition coefficient (Wildman–Crippen LogP) is 2.14. The van der Waals surface area contributed by atoms with E-state index in [2.05, 4.69) is 21.7 Å². The number of aromatic nitrogens is 3. The molecule has 0 spiro atoms. The Morgan fingerprint density at radius 3 is 2.88 bits per heavy atom. The first-order chi connectivity index (χ1) is 8.34. The molecule has 1 unspecified atom stereocenters. The highest BCUT2D eigenvalue weighted by atomic mass is 16.5. The van der Waals surface area contributed by atoms with E-state index in [-0.39, 0.29) is 0 Å². The quantitative estimate of drug-likeness (QED) is 0.788. The van der Waals surface area contributed by atoms with Crippen LogP contribution in [0.2, 0.25) is 0 Å². The van der Waals surface area contributed by atoms with Crippen LogP contribution in [0, 0.1) is 5.92 Å². The summed E-state index contributed by atoms with van der Waals surface area (Å²) in [6.45, 7) is 5.22. The highest BCUT2D eigenvalue weighted by Crippen LogP contribution is 2.27. The molecule has 2 aliphatic heterocycles. The van der Waals surface area contributed by atoms with E-state index in [4.69, 9.17) is 4.74 Å². The van der Waals surface area contributed by atoms with Gasteiger partial charge < -0.3 is 9.30 Å². The lowest BCUT2D eigenvalue weighted by atomic mass is 9.95. The van der Waals surface area contributed by atoms with Gasteiger partial charge in [0.2, 0.25) is 0 Å². The number of nitrogens with zero attached hydrogens (tertiary/aromatic N) is 3. The van der Waals surface area contributed by atoms with Crippen LogP contribution >= 0.6 is 0 Å². The highest BCUT2D eigenvalue weighted by molar-refractivity contribution is 5.04. The fourth-order valence-corrected chi connectivity index (χ4v) is 3.00. The molecule has 1 aromatic rings. The molecule has 1 atom stereocenters. The summed E-state index contributed by atoms with van der Waals surface area (Å²) < 4.78 is 7.77. The van der Waals surface area contributed by atoms with E-state index < -0.39 is 0 Å². The molecule has 3 heterocycles. The molecule has 0 aromatic carbocycles. The van der Waals surface area contributed by atoms with E-state index in [1.807, 2.05) is 0 Å². The number of hydrogen-bond acceptors (Lipinski definition) is 3. The van der Waals surface area contributed by atoms with Crippen molar-refractivity contribution in [3.63, 3.8) is 0 Å². The molecule has 4 nitrogen and oxygen atoms in total. The summed E-state index contributed by atoms with van der Waals surface area (Å²) in [5, 5.41) is 8.80. The van der Waals surface area contributed by atoms with Crippen molar-refractivity contribution in [2.24, 2.45) is 5.92 Å². The average molecular weight is 235 g/mol. The Hall–Kier alpha value is -0.900. The molecule has 2 aliphatic rings. The Bertz CT molecular complexity index is 382. The van der Waals surface area contributed by atoms with Crippen molar-refractivity contribution in [2.75, 3.05) is 13.2 Å². The van der Waals surface area contributed by atoms with Crippen molar-refractivity contribution in [1.82, 2.24) is 14.8 Å². The van der Waals surface area contributed by atoms with Crippen molar-refractivity contribution in [3.8, 4) is 0 Å². The van der Waals surface area contributed by atoms with Crippen LogP contribution in [-0.4, -0.2) is 28.0 Å². The Morgan fingerprint density at radius 2 is 2.06 bits per heavy atom. The van der Waals surface area contributed by atoms with Crippen LogP contribution in [0.3, 0.4) is 0 Å².